The molecule has 0 spiro atoms. The molecular formula is C19H15ClN2O2. The highest BCUT2D eigenvalue weighted by Crippen LogP contribution is 2.23. The molecule has 0 unspecified atom stereocenters. The Bertz CT molecular complexity index is 839. The van der Waals surface area contributed by atoms with Crippen molar-refractivity contribution in [2.75, 3.05) is 0 Å². The summed E-state index contributed by atoms with van der Waals surface area (Å²) in [6.07, 6.45) is 1.76. The number of hydrazone groups is 1. The molecule has 0 fully saturated rings. The summed E-state index contributed by atoms with van der Waals surface area (Å²) in [4.78, 5) is 11.8. The molecule has 0 saturated heterocycles. The zero-order chi connectivity index (χ0) is 16.8. The second-order valence-corrected chi connectivity index (χ2v) is 5.60. The smallest absolute Gasteiger partial charge is 0.244 e. The van der Waals surface area contributed by atoms with Gasteiger partial charge in [-0.05, 0) is 42.0 Å². The summed E-state index contributed by atoms with van der Waals surface area (Å²) in [5, 5.41) is 4.59. The molecule has 0 radical (unpaired) electrons. The van der Waals surface area contributed by atoms with Gasteiger partial charge in [0, 0.05) is 10.6 Å². The SMILES string of the molecule is O=C(Cc1ccccc1)NN=Cc1ccc(-c2ccc(Cl)cc2)o1. The van der Waals surface area contributed by atoms with Gasteiger partial charge in [0.2, 0.25) is 5.91 Å². The number of hydrogen-bond acceptors (Lipinski definition) is 3. The summed E-state index contributed by atoms with van der Waals surface area (Å²) >= 11 is 5.87. The van der Waals surface area contributed by atoms with Gasteiger partial charge in [-0.2, -0.15) is 5.10 Å². The van der Waals surface area contributed by atoms with Crippen LogP contribution in [0.3, 0.4) is 0 Å². The lowest BCUT2D eigenvalue weighted by atomic mass is 10.1. The monoisotopic (exact) mass is 338 g/mol. The van der Waals surface area contributed by atoms with E-state index in [-0.39, 0.29) is 12.3 Å². The fourth-order valence-corrected chi connectivity index (χ4v) is 2.31. The summed E-state index contributed by atoms with van der Waals surface area (Å²) in [7, 11) is 0. The van der Waals surface area contributed by atoms with E-state index in [4.69, 9.17) is 16.0 Å². The minimum Gasteiger partial charge on any atom is -0.455 e. The lowest BCUT2D eigenvalue weighted by Gasteiger charge is -1.99. The van der Waals surface area contributed by atoms with E-state index in [1.54, 1.807) is 18.2 Å². The van der Waals surface area contributed by atoms with Crippen molar-refractivity contribution in [3.8, 4) is 11.3 Å². The maximum Gasteiger partial charge on any atom is 0.244 e. The van der Waals surface area contributed by atoms with Crippen molar-refractivity contribution < 1.29 is 9.21 Å². The fourth-order valence-electron chi connectivity index (χ4n) is 2.18. The van der Waals surface area contributed by atoms with Crippen molar-refractivity contribution in [1.29, 1.82) is 0 Å². The van der Waals surface area contributed by atoms with E-state index in [0.717, 1.165) is 11.1 Å². The number of rotatable bonds is 5. The van der Waals surface area contributed by atoms with Crippen LogP contribution < -0.4 is 5.43 Å². The van der Waals surface area contributed by atoms with Gasteiger partial charge in [-0.15, -0.1) is 0 Å². The van der Waals surface area contributed by atoms with Crippen molar-refractivity contribution in [2.24, 2.45) is 5.10 Å². The fraction of sp³-hybridized carbons (Fsp3) is 0.0526. The standard InChI is InChI=1S/C19H15ClN2O2/c20-16-8-6-15(7-9-16)18-11-10-17(24-18)13-21-22-19(23)12-14-4-2-1-3-5-14/h1-11,13H,12H2,(H,22,23). The topological polar surface area (TPSA) is 54.6 Å². The van der Waals surface area contributed by atoms with E-state index in [0.29, 0.717) is 16.5 Å². The molecule has 0 bridgehead atoms. The molecule has 0 aliphatic heterocycles. The summed E-state index contributed by atoms with van der Waals surface area (Å²) in [5.41, 5.74) is 4.35. The molecule has 1 aromatic heterocycles. The van der Waals surface area contributed by atoms with Crippen LogP contribution in [0.4, 0.5) is 0 Å². The molecule has 24 heavy (non-hydrogen) atoms. The quantitative estimate of drug-likeness (QED) is 0.557. The van der Waals surface area contributed by atoms with E-state index < -0.39 is 0 Å². The second-order valence-electron chi connectivity index (χ2n) is 5.16. The molecule has 0 atom stereocenters. The van der Waals surface area contributed by atoms with Gasteiger partial charge in [0.1, 0.15) is 11.5 Å². The highest BCUT2D eigenvalue weighted by atomic mass is 35.5. The average Bonchev–Trinajstić information content (AvgIpc) is 3.05. The van der Waals surface area contributed by atoms with Crippen LogP contribution in [0.5, 0.6) is 0 Å². The van der Waals surface area contributed by atoms with Gasteiger partial charge in [0.25, 0.3) is 0 Å². The van der Waals surface area contributed by atoms with Crippen LogP contribution in [-0.2, 0) is 11.2 Å². The second kappa shape index (κ2) is 7.62. The van der Waals surface area contributed by atoms with Gasteiger partial charge in [0.15, 0.2) is 0 Å². The molecule has 5 heteroatoms. The number of carbonyl (C=O) groups excluding carboxylic acids is 1. The van der Waals surface area contributed by atoms with Crippen LogP contribution >= 0.6 is 11.6 Å². The molecule has 1 N–H and O–H groups in total. The molecule has 0 saturated carbocycles. The normalized spacial score (nSPS) is 10.9. The largest absolute Gasteiger partial charge is 0.455 e. The Labute approximate surface area is 144 Å². The molecule has 1 heterocycles. The number of halogens is 1. The van der Waals surface area contributed by atoms with E-state index in [1.807, 2.05) is 48.5 Å². The van der Waals surface area contributed by atoms with Crippen molar-refractivity contribution >= 4 is 23.7 Å². The van der Waals surface area contributed by atoms with Crippen LogP contribution in [-0.4, -0.2) is 12.1 Å². The zero-order valence-electron chi connectivity index (χ0n) is 12.8. The summed E-state index contributed by atoms with van der Waals surface area (Å²) in [6, 6.07) is 20.5. The maximum absolute atomic E-state index is 11.8. The van der Waals surface area contributed by atoms with E-state index in [9.17, 15) is 4.79 Å². The molecule has 3 aromatic rings. The average molecular weight is 339 g/mol. The summed E-state index contributed by atoms with van der Waals surface area (Å²) in [6.45, 7) is 0. The molecular weight excluding hydrogens is 324 g/mol. The lowest BCUT2D eigenvalue weighted by molar-refractivity contribution is -0.120. The molecule has 4 nitrogen and oxygen atoms in total. The van der Waals surface area contributed by atoms with Crippen molar-refractivity contribution in [1.82, 2.24) is 5.43 Å². The third-order valence-corrected chi connectivity index (χ3v) is 3.60. The Morgan fingerprint density at radius 2 is 1.79 bits per heavy atom. The van der Waals surface area contributed by atoms with Crippen LogP contribution in [0, 0.1) is 0 Å². The molecule has 0 aliphatic carbocycles. The van der Waals surface area contributed by atoms with Gasteiger partial charge in [-0.25, -0.2) is 5.43 Å². The third-order valence-electron chi connectivity index (χ3n) is 3.34. The summed E-state index contributed by atoms with van der Waals surface area (Å²) < 4.78 is 5.67. The lowest BCUT2D eigenvalue weighted by Crippen LogP contribution is -2.19. The van der Waals surface area contributed by atoms with E-state index in [1.165, 1.54) is 6.21 Å². The predicted octanol–water partition coefficient (Wildman–Crippen LogP) is 4.29. The van der Waals surface area contributed by atoms with Crippen LogP contribution in [0.25, 0.3) is 11.3 Å². The third kappa shape index (κ3) is 4.33. The Morgan fingerprint density at radius 3 is 2.54 bits per heavy atom. The molecule has 2 aromatic carbocycles. The number of amides is 1. The van der Waals surface area contributed by atoms with Gasteiger partial charge < -0.3 is 4.42 Å². The van der Waals surface area contributed by atoms with Crippen molar-refractivity contribution in [3.05, 3.63) is 83.1 Å². The highest BCUT2D eigenvalue weighted by molar-refractivity contribution is 6.30. The van der Waals surface area contributed by atoms with E-state index in [2.05, 4.69) is 10.5 Å². The van der Waals surface area contributed by atoms with Gasteiger partial charge >= 0.3 is 0 Å². The van der Waals surface area contributed by atoms with Crippen LogP contribution in [0.2, 0.25) is 5.02 Å². The summed E-state index contributed by atoms with van der Waals surface area (Å²) in [5.74, 6) is 1.09. The van der Waals surface area contributed by atoms with Crippen molar-refractivity contribution in [2.45, 2.75) is 6.42 Å². The van der Waals surface area contributed by atoms with Crippen molar-refractivity contribution in [3.63, 3.8) is 0 Å². The zero-order valence-corrected chi connectivity index (χ0v) is 13.5. The van der Waals surface area contributed by atoms with Gasteiger partial charge in [-0.1, -0.05) is 41.9 Å². The first kappa shape index (κ1) is 16.0. The van der Waals surface area contributed by atoms with Crippen LogP contribution in [0.1, 0.15) is 11.3 Å². The Morgan fingerprint density at radius 1 is 1.04 bits per heavy atom. The Balaban J connectivity index is 1.57. The minimum atomic E-state index is -0.179. The first-order valence-electron chi connectivity index (χ1n) is 7.42. The Kier molecular flexibility index (Phi) is 5.08. The number of hydrogen-bond donors (Lipinski definition) is 1. The molecule has 0 aliphatic rings. The number of furan rings is 1. The predicted molar refractivity (Wildman–Crippen MR) is 95.0 cm³/mol. The number of benzene rings is 2. The number of carbonyl (C=O) groups is 1. The highest BCUT2D eigenvalue weighted by Gasteiger charge is 2.04. The number of nitrogens with zero attached hydrogens (tertiary/aromatic N) is 1. The van der Waals surface area contributed by atoms with Crippen LogP contribution in [0.15, 0.2) is 76.2 Å². The van der Waals surface area contributed by atoms with E-state index >= 15 is 0 Å². The first-order chi connectivity index (χ1) is 11.7. The molecule has 1 amide bonds. The molecule has 3 rings (SSSR count). The first-order valence-corrected chi connectivity index (χ1v) is 7.80. The number of nitrogens with one attached hydrogen (secondary N) is 1. The van der Waals surface area contributed by atoms with Gasteiger partial charge in [0.05, 0.1) is 12.6 Å². The van der Waals surface area contributed by atoms with Gasteiger partial charge in [-0.3, -0.25) is 4.79 Å². The maximum atomic E-state index is 11.8. The Hall–Kier alpha value is -2.85. The molecule has 120 valence electrons. The minimum absolute atomic E-state index is 0.179.